The second-order valence-electron chi connectivity index (χ2n) is 7.83. The van der Waals surface area contributed by atoms with Crippen LogP contribution in [0.2, 0.25) is 0 Å². The van der Waals surface area contributed by atoms with Crippen LogP contribution >= 0.6 is 11.8 Å². The van der Waals surface area contributed by atoms with Gasteiger partial charge in [0.15, 0.2) is 0 Å². The van der Waals surface area contributed by atoms with Gasteiger partial charge in [0.1, 0.15) is 11.4 Å². The standard InChI is InChI=1S/C27H25N5O2S/c28-23(33)16-17-32(18-20-10-4-1-5-11-20)24(34)19-35-27-29-25(21-12-6-2-7-13-21)26(30-31-27)22-14-8-3-9-15-22/h1-15H,16-19H2,(H2,28,33). The molecule has 0 aliphatic carbocycles. The second kappa shape index (κ2) is 11.9. The Balaban J connectivity index is 1.53. The van der Waals surface area contributed by atoms with Gasteiger partial charge in [0, 0.05) is 30.6 Å². The van der Waals surface area contributed by atoms with Crippen LogP contribution in [0.25, 0.3) is 22.5 Å². The lowest BCUT2D eigenvalue weighted by molar-refractivity contribution is -0.129. The fourth-order valence-electron chi connectivity index (χ4n) is 3.52. The Labute approximate surface area is 208 Å². The first-order valence-corrected chi connectivity index (χ1v) is 12.2. The number of nitrogens with zero attached hydrogens (tertiary/aromatic N) is 4. The highest BCUT2D eigenvalue weighted by atomic mass is 32.2. The van der Waals surface area contributed by atoms with Crippen LogP contribution in [0.5, 0.6) is 0 Å². The number of aromatic nitrogens is 3. The first-order chi connectivity index (χ1) is 17.1. The van der Waals surface area contributed by atoms with E-state index in [9.17, 15) is 9.59 Å². The maximum Gasteiger partial charge on any atom is 0.233 e. The zero-order chi connectivity index (χ0) is 24.5. The summed E-state index contributed by atoms with van der Waals surface area (Å²) in [5.74, 6) is -0.455. The molecule has 0 fully saturated rings. The highest BCUT2D eigenvalue weighted by Gasteiger charge is 2.18. The molecule has 0 bridgehead atoms. The third-order valence-corrected chi connectivity index (χ3v) is 6.11. The molecule has 35 heavy (non-hydrogen) atoms. The summed E-state index contributed by atoms with van der Waals surface area (Å²) >= 11 is 1.22. The Morgan fingerprint density at radius 3 is 1.94 bits per heavy atom. The molecule has 0 aliphatic rings. The van der Waals surface area contributed by atoms with E-state index in [1.807, 2.05) is 91.0 Å². The highest BCUT2D eigenvalue weighted by molar-refractivity contribution is 7.99. The lowest BCUT2D eigenvalue weighted by atomic mass is 10.0. The quantitative estimate of drug-likeness (QED) is 0.339. The van der Waals surface area contributed by atoms with Crippen LogP contribution in [-0.4, -0.2) is 44.2 Å². The van der Waals surface area contributed by atoms with Gasteiger partial charge < -0.3 is 10.6 Å². The number of amides is 2. The Hall–Kier alpha value is -4.04. The molecule has 0 radical (unpaired) electrons. The summed E-state index contributed by atoms with van der Waals surface area (Å²) in [7, 11) is 0. The zero-order valence-corrected chi connectivity index (χ0v) is 19.9. The van der Waals surface area contributed by atoms with E-state index >= 15 is 0 Å². The molecular weight excluding hydrogens is 458 g/mol. The Kier molecular flexibility index (Phi) is 8.19. The number of nitrogens with two attached hydrogens (primary N) is 1. The van der Waals surface area contributed by atoms with E-state index in [-0.39, 0.29) is 24.6 Å². The Bertz CT molecular complexity index is 1270. The molecule has 4 aromatic rings. The molecule has 0 aliphatic heterocycles. The van der Waals surface area contributed by atoms with Crippen LogP contribution in [0.1, 0.15) is 12.0 Å². The molecule has 3 aromatic carbocycles. The van der Waals surface area contributed by atoms with Crippen molar-refractivity contribution in [3.63, 3.8) is 0 Å². The van der Waals surface area contributed by atoms with Crippen LogP contribution in [-0.2, 0) is 16.1 Å². The molecule has 176 valence electrons. The molecule has 8 heteroatoms. The average molecular weight is 484 g/mol. The highest BCUT2D eigenvalue weighted by Crippen LogP contribution is 2.29. The minimum atomic E-state index is -0.444. The van der Waals surface area contributed by atoms with Crippen molar-refractivity contribution in [3.05, 3.63) is 96.6 Å². The maximum absolute atomic E-state index is 13.1. The van der Waals surface area contributed by atoms with Gasteiger partial charge in [-0.3, -0.25) is 9.59 Å². The number of benzene rings is 3. The summed E-state index contributed by atoms with van der Waals surface area (Å²) in [5.41, 5.74) is 9.52. The molecule has 0 spiro atoms. The van der Waals surface area contributed by atoms with Crippen LogP contribution in [0, 0.1) is 0 Å². The van der Waals surface area contributed by atoms with Gasteiger partial charge in [0.05, 0.1) is 5.75 Å². The molecule has 7 nitrogen and oxygen atoms in total. The van der Waals surface area contributed by atoms with Gasteiger partial charge in [-0.2, -0.15) is 0 Å². The van der Waals surface area contributed by atoms with Gasteiger partial charge >= 0.3 is 0 Å². The minimum absolute atomic E-state index is 0.102. The molecule has 0 saturated carbocycles. The van der Waals surface area contributed by atoms with E-state index in [1.165, 1.54) is 11.8 Å². The Morgan fingerprint density at radius 1 is 0.771 bits per heavy atom. The summed E-state index contributed by atoms with van der Waals surface area (Å²) in [6.07, 6.45) is 0.102. The number of carbonyl (C=O) groups excluding carboxylic acids is 2. The van der Waals surface area contributed by atoms with E-state index in [4.69, 9.17) is 10.7 Å². The third-order valence-electron chi connectivity index (χ3n) is 5.28. The van der Waals surface area contributed by atoms with E-state index in [2.05, 4.69) is 10.2 Å². The van der Waals surface area contributed by atoms with Gasteiger partial charge in [0.25, 0.3) is 0 Å². The molecule has 2 N–H and O–H groups in total. The molecule has 2 amide bonds. The monoisotopic (exact) mass is 483 g/mol. The first kappa shape index (κ1) is 24.1. The fraction of sp³-hybridized carbons (Fsp3) is 0.148. The number of primary amides is 1. The van der Waals surface area contributed by atoms with Crippen molar-refractivity contribution >= 4 is 23.6 Å². The van der Waals surface area contributed by atoms with Crippen molar-refractivity contribution in [2.75, 3.05) is 12.3 Å². The summed E-state index contributed by atoms with van der Waals surface area (Å²) in [6, 6.07) is 29.2. The minimum Gasteiger partial charge on any atom is -0.370 e. The number of rotatable bonds is 10. The predicted molar refractivity (Wildman–Crippen MR) is 137 cm³/mol. The smallest absolute Gasteiger partial charge is 0.233 e. The normalized spacial score (nSPS) is 10.6. The lowest BCUT2D eigenvalue weighted by Gasteiger charge is -2.22. The van der Waals surface area contributed by atoms with Crippen LogP contribution in [0.4, 0.5) is 0 Å². The van der Waals surface area contributed by atoms with Gasteiger partial charge in [-0.25, -0.2) is 4.98 Å². The first-order valence-electron chi connectivity index (χ1n) is 11.2. The number of thioether (sulfide) groups is 1. The van der Waals surface area contributed by atoms with Crippen molar-refractivity contribution in [1.82, 2.24) is 20.1 Å². The fourth-order valence-corrected chi connectivity index (χ4v) is 4.21. The van der Waals surface area contributed by atoms with Crippen molar-refractivity contribution in [2.45, 2.75) is 18.1 Å². The summed E-state index contributed by atoms with van der Waals surface area (Å²) in [5, 5.41) is 9.15. The van der Waals surface area contributed by atoms with E-state index in [0.717, 1.165) is 16.7 Å². The molecule has 0 saturated heterocycles. The second-order valence-corrected chi connectivity index (χ2v) is 8.77. The average Bonchev–Trinajstić information content (AvgIpc) is 2.91. The van der Waals surface area contributed by atoms with Crippen molar-refractivity contribution in [2.24, 2.45) is 5.73 Å². The van der Waals surface area contributed by atoms with E-state index < -0.39 is 5.91 Å². The Morgan fingerprint density at radius 2 is 1.34 bits per heavy atom. The largest absolute Gasteiger partial charge is 0.370 e. The molecule has 4 rings (SSSR count). The third kappa shape index (κ3) is 6.74. The van der Waals surface area contributed by atoms with Crippen molar-refractivity contribution < 1.29 is 9.59 Å². The summed E-state index contributed by atoms with van der Waals surface area (Å²) < 4.78 is 0. The predicted octanol–water partition coefficient (Wildman–Crippen LogP) is 4.20. The molecule has 1 heterocycles. The van der Waals surface area contributed by atoms with Crippen LogP contribution in [0.3, 0.4) is 0 Å². The van der Waals surface area contributed by atoms with Gasteiger partial charge in [-0.05, 0) is 5.56 Å². The topological polar surface area (TPSA) is 102 Å². The van der Waals surface area contributed by atoms with E-state index in [0.29, 0.717) is 23.1 Å². The SMILES string of the molecule is NC(=O)CCN(Cc1ccccc1)C(=O)CSc1nnc(-c2ccccc2)c(-c2ccccc2)n1. The molecule has 0 unspecified atom stereocenters. The molecule has 1 aromatic heterocycles. The van der Waals surface area contributed by atoms with Crippen LogP contribution in [0.15, 0.2) is 96.2 Å². The molecular formula is C27H25N5O2S. The van der Waals surface area contributed by atoms with Crippen molar-refractivity contribution in [3.8, 4) is 22.5 Å². The number of carbonyl (C=O) groups is 2. The van der Waals surface area contributed by atoms with E-state index in [1.54, 1.807) is 4.90 Å². The zero-order valence-electron chi connectivity index (χ0n) is 19.1. The number of hydrogen-bond acceptors (Lipinski definition) is 6. The number of hydrogen-bond donors (Lipinski definition) is 1. The van der Waals surface area contributed by atoms with Gasteiger partial charge in [0.2, 0.25) is 17.0 Å². The van der Waals surface area contributed by atoms with Gasteiger partial charge in [-0.1, -0.05) is 103 Å². The summed E-state index contributed by atoms with van der Waals surface area (Å²) in [6.45, 7) is 0.653. The van der Waals surface area contributed by atoms with Crippen LogP contribution < -0.4 is 5.73 Å². The maximum atomic E-state index is 13.1. The lowest BCUT2D eigenvalue weighted by Crippen LogP contribution is -2.34. The van der Waals surface area contributed by atoms with Gasteiger partial charge in [-0.15, -0.1) is 10.2 Å². The van der Waals surface area contributed by atoms with Crippen molar-refractivity contribution in [1.29, 1.82) is 0 Å². The summed E-state index contributed by atoms with van der Waals surface area (Å²) in [4.78, 5) is 30.8. The molecule has 0 atom stereocenters.